The summed E-state index contributed by atoms with van der Waals surface area (Å²) in [5.41, 5.74) is 10.1. The number of hydrogen-bond donors (Lipinski definition) is 0. The molecule has 2 saturated carbocycles. The minimum atomic E-state index is -0.659. The third kappa shape index (κ3) is 5.24. The van der Waals surface area contributed by atoms with E-state index in [0.717, 1.165) is 68.2 Å². The fraction of sp³-hybridized carbons (Fsp3) is 0.561. The highest BCUT2D eigenvalue weighted by molar-refractivity contribution is 5.85. The van der Waals surface area contributed by atoms with E-state index in [1.54, 1.807) is 0 Å². The molecule has 0 aromatic heterocycles. The lowest BCUT2D eigenvalue weighted by atomic mass is 9.70. The molecule has 0 heterocycles. The van der Waals surface area contributed by atoms with Crippen molar-refractivity contribution in [1.29, 1.82) is 0 Å². The van der Waals surface area contributed by atoms with Crippen LogP contribution in [0.1, 0.15) is 150 Å². The summed E-state index contributed by atoms with van der Waals surface area (Å²) in [4.78, 5) is 2.53. The molecule has 0 spiro atoms. The van der Waals surface area contributed by atoms with Gasteiger partial charge in [-0.25, -0.2) is 0 Å². The molecule has 0 amide bonds. The monoisotopic (exact) mass is 563 g/mol. The Kier molecular flexibility index (Phi) is 6.62. The molecule has 0 radical (unpaired) electrons. The Balaban J connectivity index is 1.60. The molecule has 42 heavy (non-hydrogen) atoms. The van der Waals surface area contributed by atoms with Crippen LogP contribution in [-0.2, 0) is 5.41 Å². The molecule has 0 saturated heterocycles. The zero-order chi connectivity index (χ0) is 31.9. The number of benzene rings is 3. The average Bonchev–Trinajstić information content (AvgIpc) is 3.18. The van der Waals surface area contributed by atoms with E-state index in [4.69, 9.17) is 0 Å². The molecule has 3 aliphatic carbocycles. The summed E-state index contributed by atoms with van der Waals surface area (Å²) < 4.78 is 20.0. The quantitative estimate of drug-likeness (QED) is 0.305. The summed E-state index contributed by atoms with van der Waals surface area (Å²) in [5.74, 6) is -1.27. The first-order valence-corrected chi connectivity index (χ1v) is 16.6. The normalized spacial score (nSPS) is 23.7. The van der Waals surface area contributed by atoms with Crippen molar-refractivity contribution in [3.8, 4) is 11.1 Å². The number of hydrogen-bond acceptors (Lipinski definition) is 1. The molecule has 2 fully saturated rings. The van der Waals surface area contributed by atoms with E-state index in [1.165, 1.54) is 27.9 Å². The molecule has 3 aromatic carbocycles. The van der Waals surface area contributed by atoms with Crippen LogP contribution in [0, 0.1) is 10.8 Å². The van der Waals surface area contributed by atoms with Gasteiger partial charge in [-0.15, -0.1) is 0 Å². The Morgan fingerprint density at radius 2 is 1.14 bits per heavy atom. The van der Waals surface area contributed by atoms with Gasteiger partial charge in [-0.1, -0.05) is 84.0 Å². The SMILES string of the molecule is [2H]C1(c2ccccc2N(c2cc3c(cc2C2([2H])CCC(C)(C)CC2)-c2ccccc2C3(C)C)C(C)(C)C)CCC(C)(C)CC1. The lowest BCUT2D eigenvalue weighted by molar-refractivity contribution is 0.224. The topological polar surface area (TPSA) is 3.24 Å². The van der Waals surface area contributed by atoms with Crippen LogP contribution >= 0.6 is 0 Å². The van der Waals surface area contributed by atoms with Crippen molar-refractivity contribution < 1.29 is 2.74 Å². The van der Waals surface area contributed by atoms with Crippen molar-refractivity contribution in [2.75, 3.05) is 4.90 Å². The van der Waals surface area contributed by atoms with Crippen LogP contribution in [0.5, 0.6) is 0 Å². The Morgan fingerprint density at radius 1 is 0.619 bits per heavy atom. The van der Waals surface area contributed by atoms with Gasteiger partial charge in [0.1, 0.15) is 0 Å². The van der Waals surface area contributed by atoms with Crippen molar-refractivity contribution >= 4 is 11.4 Å². The number of para-hydroxylation sites is 1. The molecular formula is C41H55N. The zero-order valence-corrected chi connectivity index (χ0v) is 27.9. The first-order valence-electron chi connectivity index (χ1n) is 17.6. The Morgan fingerprint density at radius 3 is 1.74 bits per heavy atom. The van der Waals surface area contributed by atoms with E-state index in [9.17, 15) is 2.74 Å². The average molecular weight is 564 g/mol. The van der Waals surface area contributed by atoms with Gasteiger partial charge in [-0.05, 0) is 146 Å². The van der Waals surface area contributed by atoms with E-state index in [0.29, 0.717) is 5.41 Å². The van der Waals surface area contributed by atoms with Gasteiger partial charge in [0.2, 0.25) is 0 Å². The van der Waals surface area contributed by atoms with Gasteiger partial charge in [0, 0.05) is 25.1 Å². The molecule has 0 bridgehead atoms. The van der Waals surface area contributed by atoms with Crippen molar-refractivity contribution in [3.63, 3.8) is 0 Å². The Hall–Kier alpha value is -2.54. The van der Waals surface area contributed by atoms with Gasteiger partial charge in [0.25, 0.3) is 0 Å². The van der Waals surface area contributed by atoms with E-state index in [1.807, 2.05) is 0 Å². The fourth-order valence-corrected chi connectivity index (χ4v) is 8.02. The van der Waals surface area contributed by atoms with Gasteiger partial charge in [0.05, 0.1) is 0 Å². The molecule has 0 aliphatic heterocycles. The van der Waals surface area contributed by atoms with Crippen molar-refractivity contribution in [3.05, 3.63) is 82.9 Å². The standard InChI is InChI=1S/C41H55N/c1-38(2,3)42(36-17-13-11-14-30(36)28-18-22-39(4,5)23-19-28)37-27-35-33(31-15-10-12-16-34(31)41(35,8)9)26-32(37)29-20-24-40(6,7)25-21-29/h10-17,26-29H,18-25H2,1-9H3/i28D,29D. The highest BCUT2D eigenvalue weighted by Crippen LogP contribution is 2.55. The molecule has 0 unspecified atom stereocenters. The number of nitrogens with zero attached hydrogens (tertiary/aromatic N) is 1. The summed E-state index contributed by atoms with van der Waals surface area (Å²) in [7, 11) is 0. The maximum atomic E-state index is 10.2. The maximum absolute atomic E-state index is 10.2. The zero-order valence-electron chi connectivity index (χ0n) is 29.9. The lowest BCUT2D eigenvalue weighted by Crippen LogP contribution is -2.39. The number of fused-ring (bicyclic) bond motifs is 3. The molecule has 0 N–H and O–H groups in total. The molecule has 3 aliphatic rings. The minimum absolute atomic E-state index is 0.127. The van der Waals surface area contributed by atoms with Gasteiger partial charge < -0.3 is 4.90 Å². The third-order valence-electron chi connectivity index (χ3n) is 10.9. The highest BCUT2D eigenvalue weighted by Gasteiger charge is 2.40. The van der Waals surface area contributed by atoms with E-state index >= 15 is 0 Å². The maximum Gasteiger partial charge on any atom is 0.0454 e. The third-order valence-corrected chi connectivity index (χ3v) is 10.9. The second-order valence-corrected chi connectivity index (χ2v) is 16.6. The Bertz CT molecular complexity index is 1550. The van der Waals surface area contributed by atoms with E-state index in [-0.39, 0.29) is 16.4 Å². The highest BCUT2D eigenvalue weighted by atomic mass is 15.2. The van der Waals surface area contributed by atoms with E-state index < -0.39 is 11.8 Å². The van der Waals surface area contributed by atoms with Gasteiger partial charge in [-0.2, -0.15) is 0 Å². The van der Waals surface area contributed by atoms with Crippen LogP contribution < -0.4 is 4.90 Å². The molecule has 3 aromatic rings. The largest absolute Gasteiger partial charge is 0.336 e. The summed E-state index contributed by atoms with van der Waals surface area (Å²) in [6.07, 6.45) is 7.77. The fourth-order valence-electron chi connectivity index (χ4n) is 8.02. The molecule has 0 atom stereocenters. The predicted octanol–water partition coefficient (Wildman–Crippen LogP) is 12.3. The molecule has 1 heteroatoms. The number of rotatable bonds is 4. The minimum Gasteiger partial charge on any atom is -0.336 e. The molecule has 6 rings (SSSR count). The summed E-state index contributed by atoms with van der Waals surface area (Å²) in [6.45, 7) is 21.1. The van der Waals surface area contributed by atoms with Crippen LogP contribution in [0.25, 0.3) is 11.1 Å². The molecular weight excluding hydrogens is 506 g/mol. The summed E-state index contributed by atoms with van der Waals surface area (Å²) in [5, 5.41) is 0. The second kappa shape index (κ2) is 10.3. The first-order chi connectivity index (χ1) is 20.4. The van der Waals surface area contributed by atoms with Crippen molar-refractivity contribution in [1.82, 2.24) is 0 Å². The van der Waals surface area contributed by atoms with Gasteiger partial charge >= 0.3 is 0 Å². The van der Waals surface area contributed by atoms with E-state index in [2.05, 4.69) is 128 Å². The van der Waals surface area contributed by atoms with Crippen LogP contribution in [-0.4, -0.2) is 5.54 Å². The summed E-state index contributed by atoms with van der Waals surface area (Å²) >= 11 is 0. The van der Waals surface area contributed by atoms with Crippen molar-refractivity contribution in [2.45, 2.75) is 136 Å². The van der Waals surface area contributed by atoms with Crippen molar-refractivity contribution in [2.24, 2.45) is 10.8 Å². The Labute approximate surface area is 259 Å². The second-order valence-electron chi connectivity index (χ2n) is 16.6. The first kappa shape index (κ1) is 27.0. The van der Waals surface area contributed by atoms with Gasteiger partial charge in [-0.3, -0.25) is 0 Å². The number of anilines is 2. The van der Waals surface area contributed by atoms with Crippen LogP contribution in [0.15, 0.2) is 60.7 Å². The van der Waals surface area contributed by atoms with Crippen LogP contribution in [0.3, 0.4) is 0 Å². The summed E-state index contributed by atoms with van der Waals surface area (Å²) in [6, 6.07) is 22.5. The van der Waals surface area contributed by atoms with Crippen LogP contribution in [0.4, 0.5) is 11.4 Å². The van der Waals surface area contributed by atoms with Gasteiger partial charge in [0.15, 0.2) is 0 Å². The predicted molar refractivity (Wildman–Crippen MR) is 182 cm³/mol. The molecule has 224 valence electrons. The van der Waals surface area contributed by atoms with Crippen LogP contribution in [0.2, 0.25) is 0 Å². The lowest BCUT2D eigenvalue weighted by Gasteiger charge is -2.44. The molecule has 1 nitrogen and oxygen atoms in total. The smallest absolute Gasteiger partial charge is 0.0454 e.